The topological polar surface area (TPSA) is 65.9 Å². The lowest BCUT2D eigenvalue weighted by Gasteiger charge is -2.12. The number of phenols is 1. The van der Waals surface area contributed by atoms with Crippen molar-refractivity contribution in [3.8, 4) is 11.5 Å². The number of benzene rings is 2. The maximum absolute atomic E-state index is 13.3. The summed E-state index contributed by atoms with van der Waals surface area (Å²) in [6, 6.07) is 10.2. The van der Waals surface area contributed by atoms with Gasteiger partial charge < -0.3 is 20.5 Å². The fourth-order valence-corrected chi connectivity index (χ4v) is 2.35. The quantitative estimate of drug-likeness (QED) is 0.556. The lowest BCUT2D eigenvalue weighted by atomic mass is 10.1. The number of hydrogen-bond acceptors (Lipinski definition) is 3. The minimum Gasteiger partial charge on any atom is -0.504 e. The van der Waals surface area contributed by atoms with Gasteiger partial charge in [0.1, 0.15) is 5.82 Å². The Labute approximate surface area is 147 Å². The molecular formula is C19H24FN3O2. The number of nitrogens with zero attached hydrogens (tertiary/aromatic N) is 1. The predicted molar refractivity (Wildman–Crippen MR) is 97.5 cm³/mol. The average molecular weight is 345 g/mol. The number of hydrogen-bond donors (Lipinski definition) is 3. The zero-order chi connectivity index (χ0) is 18.2. The molecule has 2 aromatic carbocycles. The Hall–Kier alpha value is -2.76. The first-order valence-corrected chi connectivity index (χ1v) is 8.16. The van der Waals surface area contributed by atoms with E-state index in [1.807, 2.05) is 13.0 Å². The maximum atomic E-state index is 13.3. The monoisotopic (exact) mass is 345 g/mol. The summed E-state index contributed by atoms with van der Waals surface area (Å²) in [5, 5.41) is 16.2. The summed E-state index contributed by atoms with van der Waals surface area (Å²) in [4.78, 5) is 4.51. The number of methoxy groups -OCH3 is 1. The Morgan fingerprint density at radius 1 is 1.16 bits per heavy atom. The van der Waals surface area contributed by atoms with Gasteiger partial charge in [-0.1, -0.05) is 18.2 Å². The summed E-state index contributed by atoms with van der Waals surface area (Å²) < 4.78 is 18.4. The molecule has 6 heteroatoms. The van der Waals surface area contributed by atoms with Crippen molar-refractivity contribution < 1.29 is 14.2 Å². The van der Waals surface area contributed by atoms with Gasteiger partial charge in [-0.2, -0.15) is 0 Å². The lowest BCUT2D eigenvalue weighted by molar-refractivity contribution is 0.373. The van der Waals surface area contributed by atoms with Gasteiger partial charge in [-0.05, 0) is 48.7 Å². The van der Waals surface area contributed by atoms with E-state index in [0.29, 0.717) is 30.4 Å². The van der Waals surface area contributed by atoms with Crippen molar-refractivity contribution in [2.24, 2.45) is 4.99 Å². The Morgan fingerprint density at radius 3 is 2.56 bits per heavy atom. The first-order valence-electron chi connectivity index (χ1n) is 8.16. The standard InChI is InChI=1S/C19H24FN3O2/c1-4-21-19(22-11-14-5-7-16(20)13(2)9-14)23-12-15-6-8-18(25-3)17(24)10-15/h5-10,24H,4,11-12H2,1-3H3,(H2,21,22,23). The van der Waals surface area contributed by atoms with Crippen LogP contribution in [-0.2, 0) is 13.1 Å². The predicted octanol–water partition coefficient (Wildman–Crippen LogP) is 3.10. The molecule has 0 amide bonds. The summed E-state index contributed by atoms with van der Waals surface area (Å²) in [7, 11) is 1.51. The van der Waals surface area contributed by atoms with E-state index in [-0.39, 0.29) is 11.6 Å². The van der Waals surface area contributed by atoms with Gasteiger partial charge in [-0.15, -0.1) is 0 Å². The van der Waals surface area contributed by atoms with Crippen LogP contribution in [-0.4, -0.2) is 24.7 Å². The molecule has 0 radical (unpaired) electrons. The molecule has 0 saturated heterocycles. The SMILES string of the molecule is CCNC(=NCc1ccc(F)c(C)c1)NCc1ccc(OC)c(O)c1. The molecule has 0 aliphatic heterocycles. The molecule has 134 valence electrons. The third-order valence-corrected chi connectivity index (χ3v) is 3.69. The second-order valence-electron chi connectivity index (χ2n) is 5.64. The Kier molecular flexibility index (Phi) is 6.62. The summed E-state index contributed by atoms with van der Waals surface area (Å²) in [6.45, 7) is 5.40. The van der Waals surface area contributed by atoms with Gasteiger partial charge in [0.05, 0.1) is 13.7 Å². The number of rotatable bonds is 6. The van der Waals surface area contributed by atoms with Crippen molar-refractivity contribution in [2.75, 3.05) is 13.7 Å². The van der Waals surface area contributed by atoms with Crippen molar-refractivity contribution >= 4 is 5.96 Å². The van der Waals surface area contributed by atoms with Crippen LogP contribution in [0.3, 0.4) is 0 Å². The molecule has 0 unspecified atom stereocenters. The number of halogens is 1. The number of guanidine groups is 1. The molecule has 0 aromatic heterocycles. The highest BCUT2D eigenvalue weighted by molar-refractivity contribution is 5.79. The van der Waals surface area contributed by atoms with Crippen LogP contribution in [0.2, 0.25) is 0 Å². The number of nitrogens with one attached hydrogen (secondary N) is 2. The molecule has 3 N–H and O–H groups in total. The van der Waals surface area contributed by atoms with Gasteiger partial charge in [0.2, 0.25) is 0 Å². The molecule has 0 spiro atoms. The Balaban J connectivity index is 2.01. The highest BCUT2D eigenvalue weighted by Gasteiger charge is 2.04. The third kappa shape index (κ3) is 5.38. The van der Waals surface area contributed by atoms with E-state index in [9.17, 15) is 9.50 Å². The highest BCUT2D eigenvalue weighted by atomic mass is 19.1. The number of aromatic hydroxyl groups is 1. The Bertz CT molecular complexity index is 747. The van der Waals surface area contributed by atoms with Crippen molar-refractivity contribution in [2.45, 2.75) is 26.9 Å². The lowest BCUT2D eigenvalue weighted by Crippen LogP contribution is -2.36. The normalized spacial score (nSPS) is 11.3. The Morgan fingerprint density at radius 2 is 1.92 bits per heavy atom. The van der Waals surface area contributed by atoms with Crippen LogP contribution in [0.1, 0.15) is 23.6 Å². The van der Waals surface area contributed by atoms with Gasteiger partial charge in [0, 0.05) is 13.1 Å². The van der Waals surface area contributed by atoms with Gasteiger partial charge >= 0.3 is 0 Å². The fraction of sp³-hybridized carbons (Fsp3) is 0.316. The highest BCUT2D eigenvalue weighted by Crippen LogP contribution is 2.26. The van der Waals surface area contributed by atoms with E-state index in [4.69, 9.17) is 4.74 Å². The molecule has 2 aromatic rings. The first-order chi connectivity index (χ1) is 12.0. The first kappa shape index (κ1) is 18.6. The fourth-order valence-electron chi connectivity index (χ4n) is 2.35. The van der Waals surface area contributed by atoms with Gasteiger partial charge in [-0.3, -0.25) is 0 Å². The molecule has 0 aliphatic carbocycles. The van der Waals surface area contributed by atoms with E-state index in [1.54, 1.807) is 31.2 Å². The van der Waals surface area contributed by atoms with E-state index in [1.165, 1.54) is 13.2 Å². The molecule has 2 rings (SSSR count). The van der Waals surface area contributed by atoms with Crippen LogP contribution < -0.4 is 15.4 Å². The van der Waals surface area contributed by atoms with Crippen molar-refractivity contribution in [1.82, 2.24) is 10.6 Å². The van der Waals surface area contributed by atoms with Crippen LogP contribution >= 0.6 is 0 Å². The van der Waals surface area contributed by atoms with Gasteiger partial charge in [0.25, 0.3) is 0 Å². The zero-order valence-corrected chi connectivity index (χ0v) is 14.8. The number of phenolic OH excluding ortho intramolecular Hbond substituents is 1. The second-order valence-corrected chi connectivity index (χ2v) is 5.64. The molecule has 0 bridgehead atoms. The summed E-state index contributed by atoms with van der Waals surface area (Å²) in [5.41, 5.74) is 2.46. The molecular weight excluding hydrogens is 321 g/mol. The van der Waals surface area contributed by atoms with E-state index in [0.717, 1.165) is 17.7 Å². The molecule has 0 atom stereocenters. The van der Waals surface area contributed by atoms with E-state index in [2.05, 4.69) is 15.6 Å². The second kappa shape index (κ2) is 8.92. The van der Waals surface area contributed by atoms with E-state index < -0.39 is 0 Å². The zero-order valence-electron chi connectivity index (χ0n) is 14.8. The maximum Gasteiger partial charge on any atom is 0.191 e. The summed E-state index contributed by atoms with van der Waals surface area (Å²) in [5.74, 6) is 0.985. The molecule has 0 heterocycles. The molecule has 0 fully saturated rings. The molecule has 0 saturated carbocycles. The minimum absolute atomic E-state index is 0.102. The van der Waals surface area contributed by atoms with E-state index >= 15 is 0 Å². The van der Waals surface area contributed by atoms with Crippen LogP contribution in [0.5, 0.6) is 11.5 Å². The van der Waals surface area contributed by atoms with Crippen LogP contribution in [0.15, 0.2) is 41.4 Å². The average Bonchev–Trinajstić information content (AvgIpc) is 2.60. The molecule has 0 aliphatic rings. The summed E-state index contributed by atoms with van der Waals surface area (Å²) in [6.07, 6.45) is 0. The van der Waals surface area contributed by atoms with Crippen molar-refractivity contribution in [1.29, 1.82) is 0 Å². The van der Waals surface area contributed by atoms with Crippen molar-refractivity contribution in [3.05, 3.63) is 58.9 Å². The molecule has 5 nitrogen and oxygen atoms in total. The van der Waals surface area contributed by atoms with Crippen LogP contribution in [0.25, 0.3) is 0 Å². The van der Waals surface area contributed by atoms with Gasteiger partial charge in [0.15, 0.2) is 17.5 Å². The van der Waals surface area contributed by atoms with Crippen LogP contribution in [0, 0.1) is 12.7 Å². The largest absolute Gasteiger partial charge is 0.504 e. The number of aryl methyl sites for hydroxylation is 1. The number of ether oxygens (including phenoxy) is 1. The number of aliphatic imine (C=N–C) groups is 1. The summed E-state index contributed by atoms with van der Waals surface area (Å²) >= 11 is 0. The third-order valence-electron chi connectivity index (χ3n) is 3.69. The molecule has 25 heavy (non-hydrogen) atoms. The smallest absolute Gasteiger partial charge is 0.191 e. The minimum atomic E-state index is -0.211. The van der Waals surface area contributed by atoms with Gasteiger partial charge in [-0.25, -0.2) is 9.38 Å². The van der Waals surface area contributed by atoms with Crippen LogP contribution in [0.4, 0.5) is 4.39 Å². The van der Waals surface area contributed by atoms with Crippen molar-refractivity contribution in [3.63, 3.8) is 0 Å².